The molecule has 7 heteroatoms. The average molecular weight is 335 g/mol. The molecule has 1 heterocycles. The van der Waals surface area contributed by atoms with Crippen molar-refractivity contribution in [3.8, 4) is 0 Å². The van der Waals surface area contributed by atoms with Crippen LogP contribution in [-0.2, 0) is 12.8 Å². The van der Waals surface area contributed by atoms with Crippen LogP contribution in [0.5, 0.6) is 0 Å². The fraction of sp³-hybridized carbons (Fsp3) is 0.529. The molecule has 0 spiro atoms. The summed E-state index contributed by atoms with van der Waals surface area (Å²) in [6.07, 6.45) is 3.96. The van der Waals surface area contributed by atoms with Crippen LogP contribution in [0.2, 0.25) is 0 Å². The van der Waals surface area contributed by atoms with Gasteiger partial charge in [-0.05, 0) is 42.9 Å². The van der Waals surface area contributed by atoms with Gasteiger partial charge in [0.1, 0.15) is 0 Å². The van der Waals surface area contributed by atoms with Gasteiger partial charge in [-0.3, -0.25) is 0 Å². The maximum Gasteiger partial charge on any atom is 0.251 e. The number of aryl methyl sites for hydroxylation is 1. The molecule has 1 fully saturated rings. The summed E-state index contributed by atoms with van der Waals surface area (Å²) in [6.45, 7) is 0.354. The minimum absolute atomic E-state index is 0.0591. The second kappa shape index (κ2) is 6.75. The molecule has 24 heavy (non-hydrogen) atoms. The highest BCUT2D eigenvalue weighted by Gasteiger charge is 2.34. The Kier molecular flexibility index (Phi) is 4.69. The summed E-state index contributed by atoms with van der Waals surface area (Å²) < 4.78 is 26.4. The predicted octanol–water partition coefficient (Wildman–Crippen LogP) is 2.56. The molecule has 0 radical (unpaired) electrons. The van der Waals surface area contributed by atoms with E-state index in [1.54, 1.807) is 4.90 Å². The Balaban J connectivity index is 1.74. The van der Waals surface area contributed by atoms with Crippen molar-refractivity contribution in [2.24, 2.45) is 21.5 Å². The lowest BCUT2D eigenvalue weighted by atomic mass is 9.90. The zero-order valence-electron chi connectivity index (χ0n) is 13.6. The van der Waals surface area contributed by atoms with Gasteiger partial charge in [0, 0.05) is 25.9 Å². The quantitative estimate of drug-likeness (QED) is 0.611. The topological polar surface area (TPSA) is 80.0 Å². The van der Waals surface area contributed by atoms with Crippen LogP contribution in [0.15, 0.2) is 28.2 Å². The molecule has 3 rings (SSSR count). The van der Waals surface area contributed by atoms with E-state index in [0.717, 1.165) is 24.9 Å². The zero-order valence-corrected chi connectivity index (χ0v) is 13.6. The molecular formula is C17H23F2N5. The van der Waals surface area contributed by atoms with Crippen molar-refractivity contribution in [2.75, 3.05) is 13.1 Å². The first-order chi connectivity index (χ1) is 11.4. The van der Waals surface area contributed by atoms with Crippen LogP contribution in [0.25, 0.3) is 0 Å². The van der Waals surface area contributed by atoms with E-state index in [1.807, 2.05) is 12.1 Å². The molecule has 0 aromatic heterocycles. The van der Waals surface area contributed by atoms with Crippen LogP contribution in [0, 0.1) is 0 Å². The summed E-state index contributed by atoms with van der Waals surface area (Å²) in [5.41, 5.74) is 15.2. The number of benzene rings is 1. The van der Waals surface area contributed by atoms with Crippen molar-refractivity contribution < 1.29 is 8.78 Å². The normalized spacial score (nSPS) is 21.5. The SMILES string of the molecule is NC(=Nc1cccc2c1CCCC2)/N=C(\N)N1CCC(F)(F)CC1. The predicted molar refractivity (Wildman–Crippen MR) is 91.7 cm³/mol. The highest BCUT2D eigenvalue weighted by atomic mass is 19.3. The van der Waals surface area contributed by atoms with Crippen molar-refractivity contribution in [1.82, 2.24) is 4.90 Å². The summed E-state index contributed by atoms with van der Waals surface area (Å²) in [4.78, 5) is 10.1. The third kappa shape index (κ3) is 3.83. The van der Waals surface area contributed by atoms with Gasteiger partial charge in [-0.1, -0.05) is 12.1 Å². The third-order valence-corrected chi connectivity index (χ3v) is 4.65. The van der Waals surface area contributed by atoms with Gasteiger partial charge in [-0.2, -0.15) is 4.99 Å². The number of hydrogen-bond acceptors (Lipinski definition) is 1. The molecule has 0 unspecified atom stereocenters. The molecule has 5 nitrogen and oxygen atoms in total. The van der Waals surface area contributed by atoms with Crippen LogP contribution in [0.3, 0.4) is 0 Å². The Morgan fingerprint density at radius 2 is 1.79 bits per heavy atom. The first kappa shape index (κ1) is 16.7. The van der Waals surface area contributed by atoms with E-state index >= 15 is 0 Å². The number of rotatable bonds is 1. The summed E-state index contributed by atoms with van der Waals surface area (Å²) in [5, 5.41) is 0. The molecule has 0 saturated carbocycles. The number of alkyl halides is 2. The van der Waals surface area contributed by atoms with Crippen molar-refractivity contribution in [2.45, 2.75) is 44.4 Å². The van der Waals surface area contributed by atoms with E-state index in [4.69, 9.17) is 11.5 Å². The van der Waals surface area contributed by atoms with Crippen molar-refractivity contribution in [3.05, 3.63) is 29.3 Å². The van der Waals surface area contributed by atoms with Gasteiger partial charge in [0.2, 0.25) is 5.96 Å². The first-order valence-electron chi connectivity index (χ1n) is 8.36. The molecule has 130 valence electrons. The Labute approximate surface area is 140 Å². The minimum Gasteiger partial charge on any atom is -0.369 e. The van der Waals surface area contributed by atoms with E-state index in [2.05, 4.69) is 16.1 Å². The monoisotopic (exact) mass is 335 g/mol. The van der Waals surface area contributed by atoms with Crippen molar-refractivity contribution in [3.63, 3.8) is 0 Å². The Morgan fingerprint density at radius 3 is 2.54 bits per heavy atom. The van der Waals surface area contributed by atoms with Crippen LogP contribution in [0.1, 0.15) is 36.8 Å². The minimum atomic E-state index is -2.61. The fourth-order valence-corrected chi connectivity index (χ4v) is 3.27. The lowest BCUT2D eigenvalue weighted by molar-refractivity contribution is -0.0435. The Hall–Kier alpha value is -2.18. The number of halogens is 2. The molecule has 1 aliphatic carbocycles. The number of likely N-dealkylation sites (tertiary alicyclic amines) is 1. The zero-order chi connectivity index (χ0) is 17.2. The smallest absolute Gasteiger partial charge is 0.251 e. The molecule has 0 amide bonds. The van der Waals surface area contributed by atoms with E-state index in [1.165, 1.54) is 17.5 Å². The van der Waals surface area contributed by atoms with Crippen molar-refractivity contribution >= 4 is 17.6 Å². The molecule has 4 N–H and O–H groups in total. The van der Waals surface area contributed by atoms with E-state index in [9.17, 15) is 8.78 Å². The lowest BCUT2D eigenvalue weighted by Gasteiger charge is -2.32. The standard InChI is InChI=1S/C17H23F2N5/c18-17(19)8-10-24(11-9-17)16(21)23-15(20)22-14-7-3-5-12-4-1-2-6-13(12)14/h3,5,7H,1-2,4,6,8-11H2,(H4,20,21,22,23). The molecule has 0 bridgehead atoms. The van der Waals surface area contributed by atoms with Crippen LogP contribution >= 0.6 is 0 Å². The Bertz CT molecular complexity index is 659. The largest absolute Gasteiger partial charge is 0.369 e. The second-order valence-electron chi connectivity index (χ2n) is 6.40. The van der Waals surface area contributed by atoms with Gasteiger partial charge in [0.25, 0.3) is 5.92 Å². The number of nitrogens with two attached hydrogens (primary N) is 2. The van der Waals surface area contributed by atoms with Crippen LogP contribution in [-0.4, -0.2) is 35.8 Å². The highest BCUT2D eigenvalue weighted by molar-refractivity contribution is 5.94. The molecule has 0 atom stereocenters. The van der Waals surface area contributed by atoms with E-state index < -0.39 is 5.92 Å². The molecule has 1 aromatic carbocycles. The summed E-state index contributed by atoms with van der Waals surface area (Å²) in [7, 11) is 0. The van der Waals surface area contributed by atoms with Gasteiger partial charge in [-0.15, -0.1) is 0 Å². The van der Waals surface area contributed by atoms with E-state index in [-0.39, 0.29) is 37.9 Å². The number of guanidine groups is 2. The maximum absolute atomic E-state index is 13.2. The lowest BCUT2D eigenvalue weighted by Crippen LogP contribution is -2.46. The number of fused-ring (bicyclic) bond motifs is 1. The number of aliphatic imine (C=N–C) groups is 2. The summed E-state index contributed by atoms with van der Waals surface area (Å²) in [6, 6.07) is 6.01. The maximum atomic E-state index is 13.2. The van der Waals surface area contributed by atoms with Gasteiger partial charge in [0.05, 0.1) is 5.69 Å². The van der Waals surface area contributed by atoms with Crippen LogP contribution < -0.4 is 11.5 Å². The summed E-state index contributed by atoms with van der Waals surface area (Å²) in [5.74, 6) is -2.40. The molecule has 2 aliphatic rings. The first-order valence-corrected chi connectivity index (χ1v) is 8.36. The highest BCUT2D eigenvalue weighted by Crippen LogP contribution is 2.30. The number of nitrogens with zero attached hydrogens (tertiary/aromatic N) is 3. The van der Waals surface area contributed by atoms with E-state index in [0.29, 0.717) is 0 Å². The average Bonchev–Trinajstić information content (AvgIpc) is 2.55. The molecular weight excluding hydrogens is 312 g/mol. The molecule has 1 aromatic rings. The van der Waals surface area contributed by atoms with Gasteiger partial charge < -0.3 is 16.4 Å². The van der Waals surface area contributed by atoms with Gasteiger partial charge in [0.15, 0.2) is 5.96 Å². The van der Waals surface area contributed by atoms with Crippen molar-refractivity contribution in [1.29, 1.82) is 0 Å². The van der Waals surface area contributed by atoms with Gasteiger partial charge in [-0.25, -0.2) is 13.8 Å². The second-order valence-corrected chi connectivity index (χ2v) is 6.40. The molecule has 1 saturated heterocycles. The van der Waals surface area contributed by atoms with Crippen LogP contribution in [0.4, 0.5) is 14.5 Å². The number of hydrogen-bond donors (Lipinski definition) is 2. The number of piperidine rings is 1. The molecule has 1 aliphatic heterocycles. The fourth-order valence-electron chi connectivity index (χ4n) is 3.27. The third-order valence-electron chi connectivity index (χ3n) is 4.65. The van der Waals surface area contributed by atoms with Gasteiger partial charge >= 0.3 is 0 Å². The Morgan fingerprint density at radius 1 is 1.08 bits per heavy atom. The summed E-state index contributed by atoms with van der Waals surface area (Å²) >= 11 is 0.